The summed E-state index contributed by atoms with van der Waals surface area (Å²) in [4.78, 5) is 2.43. The lowest BCUT2D eigenvalue weighted by molar-refractivity contribution is 0.242. The van der Waals surface area contributed by atoms with E-state index in [1.807, 2.05) is 13.8 Å². The number of phenols is 1. The Labute approximate surface area is 129 Å². The molecule has 1 fully saturated rings. The lowest BCUT2D eigenvalue weighted by Gasteiger charge is -2.27. The standard InChI is InChI=1S/C15H23BrN2O2/c1-10-12(4-7-18-8-5-17-6-9-18)14(19)15(20-3)11(2)13(10)16/h17,19H,4-9H2,1-3H3. The smallest absolute Gasteiger partial charge is 0.164 e. The number of ether oxygens (including phenoxy) is 1. The van der Waals surface area contributed by atoms with Gasteiger partial charge in [-0.25, -0.2) is 0 Å². The Hall–Kier alpha value is -0.780. The van der Waals surface area contributed by atoms with Crippen LogP contribution in [-0.2, 0) is 6.42 Å². The number of nitrogens with zero attached hydrogens (tertiary/aromatic N) is 1. The first-order valence-corrected chi connectivity index (χ1v) is 7.83. The number of nitrogens with one attached hydrogen (secondary N) is 1. The summed E-state index contributed by atoms with van der Waals surface area (Å²) in [5.41, 5.74) is 3.04. The third-order valence-corrected chi connectivity index (χ3v) is 5.23. The quantitative estimate of drug-likeness (QED) is 0.880. The maximum Gasteiger partial charge on any atom is 0.164 e. The van der Waals surface area contributed by atoms with Gasteiger partial charge in [0, 0.05) is 48.3 Å². The zero-order chi connectivity index (χ0) is 14.7. The highest BCUT2D eigenvalue weighted by molar-refractivity contribution is 9.10. The van der Waals surface area contributed by atoms with Crippen LogP contribution in [0.1, 0.15) is 16.7 Å². The van der Waals surface area contributed by atoms with Gasteiger partial charge in [-0.2, -0.15) is 0 Å². The van der Waals surface area contributed by atoms with Crippen molar-refractivity contribution >= 4 is 15.9 Å². The van der Waals surface area contributed by atoms with Crippen LogP contribution < -0.4 is 10.1 Å². The summed E-state index contributed by atoms with van der Waals surface area (Å²) in [5, 5.41) is 13.8. The molecule has 1 aliphatic heterocycles. The van der Waals surface area contributed by atoms with Crippen LogP contribution in [0.15, 0.2) is 4.47 Å². The van der Waals surface area contributed by atoms with Gasteiger partial charge in [0.25, 0.3) is 0 Å². The molecular formula is C15H23BrN2O2. The van der Waals surface area contributed by atoms with Crippen molar-refractivity contribution in [1.29, 1.82) is 0 Å². The summed E-state index contributed by atoms with van der Waals surface area (Å²) in [7, 11) is 1.60. The second-order valence-corrected chi connectivity index (χ2v) is 6.06. The fourth-order valence-electron chi connectivity index (χ4n) is 2.77. The van der Waals surface area contributed by atoms with E-state index >= 15 is 0 Å². The molecule has 2 rings (SSSR count). The van der Waals surface area contributed by atoms with Crippen molar-refractivity contribution in [3.63, 3.8) is 0 Å². The number of methoxy groups -OCH3 is 1. The van der Waals surface area contributed by atoms with Gasteiger partial charge in [0.2, 0.25) is 0 Å². The molecule has 112 valence electrons. The average Bonchev–Trinajstić information content (AvgIpc) is 2.47. The molecule has 0 aliphatic carbocycles. The minimum absolute atomic E-state index is 0.292. The molecule has 4 nitrogen and oxygen atoms in total. The summed E-state index contributed by atoms with van der Waals surface area (Å²) < 4.78 is 6.37. The van der Waals surface area contributed by atoms with Gasteiger partial charge in [-0.3, -0.25) is 0 Å². The Morgan fingerprint density at radius 1 is 1.25 bits per heavy atom. The fraction of sp³-hybridized carbons (Fsp3) is 0.600. The van der Waals surface area contributed by atoms with E-state index in [4.69, 9.17) is 4.74 Å². The first-order chi connectivity index (χ1) is 9.56. The van der Waals surface area contributed by atoms with Gasteiger partial charge in [-0.05, 0) is 25.8 Å². The molecule has 0 atom stereocenters. The van der Waals surface area contributed by atoms with E-state index in [2.05, 4.69) is 26.1 Å². The van der Waals surface area contributed by atoms with Crippen molar-refractivity contribution in [1.82, 2.24) is 10.2 Å². The molecule has 1 heterocycles. The van der Waals surface area contributed by atoms with E-state index in [0.717, 1.165) is 60.3 Å². The van der Waals surface area contributed by atoms with Crippen LogP contribution in [0.5, 0.6) is 11.5 Å². The second-order valence-electron chi connectivity index (χ2n) is 5.27. The molecule has 0 radical (unpaired) electrons. The van der Waals surface area contributed by atoms with E-state index in [1.54, 1.807) is 7.11 Å². The summed E-state index contributed by atoms with van der Waals surface area (Å²) in [6, 6.07) is 0. The molecule has 5 heteroatoms. The van der Waals surface area contributed by atoms with Gasteiger partial charge < -0.3 is 20.1 Å². The van der Waals surface area contributed by atoms with Gasteiger partial charge in [-0.1, -0.05) is 15.9 Å². The lowest BCUT2D eigenvalue weighted by atomic mass is 10.00. The highest BCUT2D eigenvalue weighted by atomic mass is 79.9. The minimum Gasteiger partial charge on any atom is -0.504 e. The topological polar surface area (TPSA) is 44.7 Å². The first kappa shape index (κ1) is 15.6. The van der Waals surface area contributed by atoms with Crippen molar-refractivity contribution in [2.24, 2.45) is 0 Å². The van der Waals surface area contributed by atoms with Crippen LogP contribution in [0.3, 0.4) is 0 Å². The normalized spacial score (nSPS) is 16.4. The molecule has 0 spiro atoms. The van der Waals surface area contributed by atoms with Crippen LogP contribution in [-0.4, -0.2) is 49.8 Å². The molecular weight excluding hydrogens is 320 g/mol. The fourth-order valence-corrected chi connectivity index (χ4v) is 3.19. The van der Waals surface area contributed by atoms with Crippen molar-refractivity contribution in [2.45, 2.75) is 20.3 Å². The van der Waals surface area contributed by atoms with Gasteiger partial charge in [-0.15, -0.1) is 0 Å². The molecule has 1 aliphatic rings. The molecule has 20 heavy (non-hydrogen) atoms. The van der Waals surface area contributed by atoms with Crippen LogP contribution >= 0.6 is 15.9 Å². The maximum absolute atomic E-state index is 10.4. The Morgan fingerprint density at radius 3 is 2.50 bits per heavy atom. The maximum atomic E-state index is 10.4. The number of halogens is 1. The van der Waals surface area contributed by atoms with Crippen molar-refractivity contribution < 1.29 is 9.84 Å². The molecule has 1 aromatic rings. The average molecular weight is 343 g/mol. The van der Waals surface area contributed by atoms with Crippen LogP contribution in [0.2, 0.25) is 0 Å². The Morgan fingerprint density at radius 2 is 1.90 bits per heavy atom. The Bertz CT molecular complexity index is 485. The minimum atomic E-state index is 0.292. The van der Waals surface area contributed by atoms with E-state index in [9.17, 15) is 5.11 Å². The van der Waals surface area contributed by atoms with Crippen molar-refractivity contribution in [3.05, 3.63) is 21.2 Å². The largest absolute Gasteiger partial charge is 0.504 e. The summed E-state index contributed by atoms with van der Waals surface area (Å²) >= 11 is 3.61. The molecule has 0 amide bonds. The first-order valence-electron chi connectivity index (χ1n) is 7.03. The number of benzene rings is 1. The molecule has 1 aromatic carbocycles. The zero-order valence-electron chi connectivity index (χ0n) is 12.4. The summed E-state index contributed by atoms with van der Waals surface area (Å²) in [6.07, 6.45) is 0.840. The van der Waals surface area contributed by atoms with Gasteiger partial charge >= 0.3 is 0 Å². The van der Waals surface area contributed by atoms with Crippen LogP contribution in [0, 0.1) is 13.8 Å². The number of rotatable bonds is 4. The van der Waals surface area contributed by atoms with E-state index < -0.39 is 0 Å². The van der Waals surface area contributed by atoms with Crippen LogP contribution in [0.4, 0.5) is 0 Å². The predicted molar refractivity (Wildman–Crippen MR) is 84.8 cm³/mol. The highest BCUT2D eigenvalue weighted by Crippen LogP contribution is 2.41. The van der Waals surface area contributed by atoms with E-state index in [0.29, 0.717) is 11.5 Å². The molecule has 2 N–H and O–H groups in total. The summed E-state index contributed by atoms with van der Waals surface area (Å²) in [5.74, 6) is 0.874. The predicted octanol–water partition coefficient (Wildman–Crippen LogP) is 2.23. The second kappa shape index (κ2) is 6.78. The number of hydrogen-bond donors (Lipinski definition) is 2. The molecule has 1 saturated heterocycles. The molecule has 0 aromatic heterocycles. The number of piperazine rings is 1. The van der Waals surface area contributed by atoms with Gasteiger partial charge in [0.1, 0.15) is 0 Å². The highest BCUT2D eigenvalue weighted by Gasteiger charge is 2.19. The third kappa shape index (κ3) is 3.10. The SMILES string of the molecule is COc1c(C)c(Br)c(C)c(CCN2CCNCC2)c1O. The van der Waals surface area contributed by atoms with E-state index in [-0.39, 0.29) is 0 Å². The van der Waals surface area contributed by atoms with Gasteiger partial charge in [0.05, 0.1) is 7.11 Å². The third-order valence-electron chi connectivity index (χ3n) is 4.04. The number of aromatic hydroxyl groups is 1. The lowest BCUT2D eigenvalue weighted by Crippen LogP contribution is -2.44. The Balaban J connectivity index is 2.20. The Kier molecular flexibility index (Phi) is 5.29. The van der Waals surface area contributed by atoms with Crippen molar-refractivity contribution in [3.8, 4) is 11.5 Å². The molecule has 0 saturated carbocycles. The van der Waals surface area contributed by atoms with Crippen molar-refractivity contribution in [2.75, 3.05) is 39.8 Å². The number of phenolic OH excluding ortho intramolecular Hbond substituents is 1. The molecule has 0 unspecified atom stereocenters. The zero-order valence-corrected chi connectivity index (χ0v) is 14.0. The number of hydrogen-bond acceptors (Lipinski definition) is 4. The molecule has 0 bridgehead atoms. The monoisotopic (exact) mass is 342 g/mol. The van der Waals surface area contributed by atoms with E-state index in [1.165, 1.54) is 0 Å². The summed E-state index contributed by atoms with van der Waals surface area (Å²) in [6.45, 7) is 9.21. The van der Waals surface area contributed by atoms with Crippen LogP contribution in [0.25, 0.3) is 0 Å². The van der Waals surface area contributed by atoms with Gasteiger partial charge in [0.15, 0.2) is 11.5 Å².